The molecule has 1 saturated carbocycles. The van der Waals surface area contributed by atoms with Gasteiger partial charge < -0.3 is 10.3 Å². The van der Waals surface area contributed by atoms with E-state index in [0.717, 1.165) is 24.3 Å². The maximum Gasteiger partial charge on any atom is 0.200 e. The summed E-state index contributed by atoms with van der Waals surface area (Å²) in [6.07, 6.45) is 10.6. The lowest BCUT2D eigenvalue weighted by molar-refractivity contribution is 0.278. The highest BCUT2D eigenvalue weighted by atomic mass is 15.1. The number of imidazole rings is 1. The second kappa shape index (κ2) is 5.19. The van der Waals surface area contributed by atoms with Gasteiger partial charge in [-0.2, -0.15) is 0 Å². The van der Waals surface area contributed by atoms with Crippen molar-refractivity contribution >= 4 is 5.95 Å². The summed E-state index contributed by atoms with van der Waals surface area (Å²) in [6, 6.07) is 0. The fraction of sp³-hybridized carbons (Fsp3) is 0.750. The molecule has 0 aromatic carbocycles. The molecule has 0 spiro atoms. The number of anilines is 1. The van der Waals surface area contributed by atoms with Crippen molar-refractivity contribution in [1.82, 2.24) is 9.97 Å². The Morgan fingerprint density at radius 3 is 2.67 bits per heavy atom. The van der Waals surface area contributed by atoms with Gasteiger partial charge in [-0.05, 0) is 24.7 Å². The van der Waals surface area contributed by atoms with Crippen molar-refractivity contribution in [1.29, 1.82) is 0 Å². The number of aromatic nitrogens is 2. The fourth-order valence-electron chi connectivity index (χ4n) is 2.45. The predicted molar refractivity (Wildman–Crippen MR) is 62.8 cm³/mol. The molecule has 3 heteroatoms. The number of nitrogens with zero attached hydrogens (tertiary/aromatic N) is 1. The molecule has 0 bridgehead atoms. The minimum atomic E-state index is 0.845. The molecule has 2 N–H and O–H groups in total. The Hall–Kier alpha value is -0.990. The van der Waals surface area contributed by atoms with Crippen molar-refractivity contribution in [3.05, 3.63) is 12.4 Å². The lowest BCUT2D eigenvalue weighted by Gasteiger charge is -2.27. The third-order valence-corrected chi connectivity index (χ3v) is 3.60. The Labute approximate surface area is 91.7 Å². The van der Waals surface area contributed by atoms with Crippen LogP contribution in [0.15, 0.2) is 12.4 Å². The quantitative estimate of drug-likeness (QED) is 0.796. The summed E-state index contributed by atoms with van der Waals surface area (Å²) >= 11 is 0. The highest BCUT2D eigenvalue weighted by molar-refractivity contribution is 5.22. The summed E-state index contributed by atoms with van der Waals surface area (Å²) in [6.45, 7) is 3.38. The third kappa shape index (κ3) is 2.98. The summed E-state index contributed by atoms with van der Waals surface area (Å²) in [5.41, 5.74) is 0. The van der Waals surface area contributed by atoms with E-state index in [4.69, 9.17) is 0 Å². The first-order chi connectivity index (χ1) is 7.38. The zero-order valence-corrected chi connectivity index (χ0v) is 9.50. The van der Waals surface area contributed by atoms with E-state index in [-0.39, 0.29) is 0 Å². The smallest absolute Gasteiger partial charge is 0.200 e. The number of rotatable bonds is 4. The largest absolute Gasteiger partial charge is 0.356 e. The van der Waals surface area contributed by atoms with Crippen LogP contribution in [0.1, 0.15) is 39.0 Å². The molecule has 15 heavy (non-hydrogen) atoms. The average molecular weight is 207 g/mol. The molecule has 0 amide bonds. The summed E-state index contributed by atoms with van der Waals surface area (Å²) in [5.74, 6) is 2.75. The van der Waals surface area contributed by atoms with E-state index in [1.807, 2.05) is 6.20 Å². The molecule has 0 saturated heterocycles. The van der Waals surface area contributed by atoms with Crippen LogP contribution < -0.4 is 5.32 Å². The van der Waals surface area contributed by atoms with Crippen LogP contribution in [0.4, 0.5) is 5.95 Å². The molecule has 0 atom stereocenters. The van der Waals surface area contributed by atoms with Gasteiger partial charge in [0.1, 0.15) is 0 Å². The van der Waals surface area contributed by atoms with Crippen LogP contribution in [0.3, 0.4) is 0 Å². The second-order valence-electron chi connectivity index (χ2n) is 4.61. The molecule has 1 aromatic heterocycles. The number of nitrogens with one attached hydrogen (secondary N) is 2. The fourth-order valence-corrected chi connectivity index (χ4v) is 2.45. The van der Waals surface area contributed by atoms with Gasteiger partial charge in [0.25, 0.3) is 0 Å². The highest BCUT2D eigenvalue weighted by Gasteiger charge is 2.19. The van der Waals surface area contributed by atoms with E-state index in [2.05, 4.69) is 22.2 Å². The van der Waals surface area contributed by atoms with Gasteiger partial charge in [0.05, 0.1) is 0 Å². The molecule has 3 nitrogen and oxygen atoms in total. The highest BCUT2D eigenvalue weighted by Crippen LogP contribution is 2.30. The van der Waals surface area contributed by atoms with E-state index in [9.17, 15) is 0 Å². The first kappa shape index (κ1) is 10.5. The van der Waals surface area contributed by atoms with Gasteiger partial charge in [0.15, 0.2) is 5.95 Å². The molecular formula is C12H21N3. The van der Waals surface area contributed by atoms with Crippen LogP contribution >= 0.6 is 0 Å². The molecule has 84 valence electrons. The number of hydrogen-bond donors (Lipinski definition) is 2. The Kier molecular flexibility index (Phi) is 3.64. The van der Waals surface area contributed by atoms with Crippen LogP contribution in [-0.2, 0) is 0 Å². The monoisotopic (exact) mass is 207 g/mol. The Bertz CT molecular complexity index is 260. The summed E-state index contributed by atoms with van der Waals surface area (Å²) in [4.78, 5) is 7.24. The summed E-state index contributed by atoms with van der Waals surface area (Å²) in [5, 5.41) is 3.36. The van der Waals surface area contributed by atoms with Gasteiger partial charge >= 0.3 is 0 Å². The first-order valence-electron chi connectivity index (χ1n) is 6.11. The van der Waals surface area contributed by atoms with Crippen LogP contribution in [0, 0.1) is 11.8 Å². The molecule has 1 aromatic rings. The van der Waals surface area contributed by atoms with Gasteiger partial charge in [0.2, 0.25) is 0 Å². The zero-order valence-electron chi connectivity index (χ0n) is 9.50. The maximum atomic E-state index is 4.17. The molecular weight excluding hydrogens is 186 g/mol. The molecule has 2 rings (SSSR count). The topological polar surface area (TPSA) is 40.7 Å². The van der Waals surface area contributed by atoms with Crippen molar-refractivity contribution in [2.75, 3.05) is 11.9 Å². The number of H-pyrrole nitrogens is 1. The molecule has 0 unspecified atom stereocenters. The molecule has 0 aliphatic heterocycles. The Balaban J connectivity index is 1.69. The van der Waals surface area contributed by atoms with Crippen molar-refractivity contribution < 1.29 is 0 Å². The zero-order chi connectivity index (χ0) is 10.5. The SMILES string of the molecule is CCC1CCC(CNc2ncc[nH]2)CC1. The number of hydrogen-bond acceptors (Lipinski definition) is 2. The minimum Gasteiger partial charge on any atom is -0.356 e. The lowest BCUT2D eigenvalue weighted by atomic mass is 9.81. The molecule has 0 radical (unpaired) electrons. The van der Waals surface area contributed by atoms with E-state index < -0.39 is 0 Å². The Morgan fingerprint density at radius 2 is 2.07 bits per heavy atom. The van der Waals surface area contributed by atoms with Gasteiger partial charge in [-0.1, -0.05) is 26.2 Å². The molecule has 1 fully saturated rings. The van der Waals surface area contributed by atoms with E-state index in [0.29, 0.717) is 0 Å². The van der Waals surface area contributed by atoms with Gasteiger partial charge in [-0.25, -0.2) is 4.98 Å². The average Bonchev–Trinajstić information content (AvgIpc) is 2.80. The van der Waals surface area contributed by atoms with Crippen molar-refractivity contribution in [2.24, 2.45) is 11.8 Å². The van der Waals surface area contributed by atoms with Crippen LogP contribution in [0.25, 0.3) is 0 Å². The normalized spacial score (nSPS) is 26.5. The van der Waals surface area contributed by atoms with Crippen LogP contribution in [0.2, 0.25) is 0 Å². The number of aromatic amines is 1. The van der Waals surface area contributed by atoms with E-state index in [1.165, 1.54) is 32.1 Å². The molecule has 1 heterocycles. The van der Waals surface area contributed by atoms with Crippen molar-refractivity contribution in [3.63, 3.8) is 0 Å². The van der Waals surface area contributed by atoms with E-state index >= 15 is 0 Å². The van der Waals surface area contributed by atoms with Crippen LogP contribution in [0.5, 0.6) is 0 Å². The second-order valence-corrected chi connectivity index (χ2v) is 4.61. The third-order valence-electron chi connectivity index (χ3n) is 3.60. The first-order valence-corrected chi connectivity index (χ1v) is 6.11. The minimum absolute atomic E-state index is 0.845. The van der Waals surface area contributed by atoms with Crippen LogP contribution in [-0.4, -0.2) is 16.5 Å². The van der Waals surface area contributed by atoms with Gasteiger partial charge in [-0.3, -0.25) is 0 Å². The predicted octanol–water partition coefficient (Wildman–Crippen LogP) is 3.04. The lowest BCUT2D eigenvalue weighted by Crippen LogP contribution is -2.21. The summed E-state index contributed by atoms with van der Waals surface area (Å²) < 4.78 is 0. The van der Waals surface area contributed by atoms with E-state index in [1.54, 1.807) is 6.20 Å². The van der Waals surface area contributed by atoms with Gasteiger partial charge in [-0.15, -0.1) is 0 Å². The standard InChI is InChI=1S/C12H21N3/c1-2-10-3-5-11(6-4-10)9-15-12-13-7-8-14-12/h7-8,10-11H,2-6,9H2,1H3,(H2,13,14,15). The maximum absolute atomic E-state index is 4.17. The van der Waals surface area contributed by atoms with Crippen molar-refractivity contribution in [2.45, 2.75) is 39.0 Å². The summed E-state index contributed by atoms with van der Waals surface area (Å²) in [7, 11) is 0. The van der Waals surface area contributed by atoms with Gasteiger partial charge in [0, 0.05) is 18.9 Å². The molecule has 1 aliphatic carbocycles. The van der Waals surface area contributed by atoms with Crippen molar-refractivity contribution in [3.8, 4) is 0 Å². The Morgan fingerprint density at radius 1 is 1.33 bits per heavy atom. The molecule has 1 aliphatic rings.